The van der Waals surface area contributed by atoms with E-state index in [1.54, 1.807) is 23.1 Å². The summed E-state index contributed by atoms with van der Waals surface area (Å²) < 4.78 is 37.3. The highest BCUT2D eigenvalue weighted by atomic mass is 32.2. The van der Waals surface area contributed by atoms with Gasteiger partial charge in [-0.2, -0.15) is 8.42 Å². The van der Waals surface area contributed by atoms with Crippen molar-refractivity contribution in [1.82, 2.24) is 0 Å². The molecular weight excluding hydrogens is 352 g/mol. The number of anilines is 2. The van der Waals surface area contributed by atoms with Gasteiger partial charge in [-0.3, -0.25) is 13.9 Å². The van der Waals surface area contributed by atoms with Crippen LogP contribution in [0.3, 0.4) is 0 Å². The quantitative estimate of drug-likeness (QED) is 0.704. The second kappa shape index (κ2) is 6.52. The van der Waals surface area contributed by atoms with Crippen molar-refractivity contribution in [2.45, 2.75) is 13.0 Å². The highest BCUT2D eigenvalue weighted by Gasteiger charge is 2.34. The fraction of sp³-hybridized carbons (Fsp3) is 0.467. The molecule has 25 heavy (non-hydrogen) atoms. The highest BCUT2D eigenvalue weighted by Crippen LogP contribution is 2.36. The average molecular weight is 370 g/mol. The molecule has 0 unspecified atom stereocenters. The number of cyclic esters (lactones) is 1. The maximum absolute atomic E-state index is 12.0. The van der Waals surface area contributed by atoms with Gasteiger partial charge >= 0.3 is 6.09 Å². The summed E-state index contributed by atoms with van der Waals surface area (Å²) >= 11 is 0. The third-order valence-corrected chi connectivity index (χ3v) is 4.42. The topological polar surface area (TPSA) is 102 Å². The normalized spacial score (nSPS) is 20.3. The van der Waals surface area contributed by atoms with E-state index in [4.69, 9.17) is 9.47 Å². The molecule has 2 heterocycles. The second-order valence-corrected chi connectivity index (χ2v) is 7.33. The van der Waals surface area contributed by atoms with Crippen LogP contribution < -0.4 is 14.5 Å². The first kappa shape index (κ1) is 17.5. The van der Waals surface area contributed by atoms with Gasteiger partial charge in [0.05, 0.1) is 24.2 Å². The van der Waals surface area contributed by atoms with E-state index in [1.165, 1.54) is 4.90 Å². The molecule has 2 amide bonds. The Morgan fingerprint density at radius 2 is 2.08 bits per heavy atom. The van der Waals surface area contributed by atoms with E-state index in [0.717, 1.165) is 6.26 Å². The number of hydrogen-bond acceptors (Lipinski definition) is 7. The number of nitrogens with zero attached hydrogens (tertiary/aromatic N) is 2. The first-order valence-corrected chi connectivity index (χ1v) is 9.50. The van der Waals surface area contributed by atoms with E-state index in [1.807, 2.05) is 6.92 Å². The van der Waals surface area contributed by atoms with Crippen molar-refractivity contribution in [3.05, 3.63) is 18.2 Å². The van der Waals surface area contributed by atoms with Crippen molar-refractivity contribution in [3.63, 3.8) is 0 Å². The third-order valence-electron chi connectivity index (χ3n) is 3.86. The molecule has 1 fully saturated rings. The Hall–Kier alpha value is -2.33. The number of amides is 2. The predicted molar refractivity (Wildman–Crippen MR) is 88.4 cm³/mol. The van der Waals surface area contributed by atoms with E-state index in [9.17, 15) is 18.0 Å². The van der Waals surface area contributed by atoms with Gasteiger partial charge in [-0.1, -0.05) is 0 Å². The zero-order chi connectivity index (χ0) is 18.2. The molecule has 2 aliphatic heterocycles. The molecule has 1 aromatic carbocycles. The monoisotopic (exact) mass is 370 g/mol. The molecule has 1 atom stereocenters. The molecule has 9 nitrogen and oxygen atoms in total. The molecule has 2 aliphatic rings. The van der Waals surface area contributed by atoms with Gasteiger partial charge in [0.1, 0.15) is 18.5 Å². The molecule has 10 heteroatoms. The number of hydrogen-bond donors (Lipinski definition) is 0. The van der Waals surface area contributed by atoms with Gasteiger partial charge in [-0.25, -0.2) is 4.79 Å². The van der Waals surface area contributed by atoms with Crippen molar-refractivity contribution < 1.29 is 31.7 Å². The SMILES string of the molecule is CCN1C(=O)COc2cc(N3C[C@H](COS(C)(=O)=O)OC3=O)ccc21. The number of rotatable bonds is 5. The molecule has 1 saturated heterocycles. The van der Waals surface area contributed by atoms with Crippen LogP contribution in [0, 0.1) is 0 Å². The molecule has 3 rings (SSSR count). The van der Waals surface area contributed by atoms with E-state index in [-0.39, 0.29) is 25.7 Å². The van der Waals surface area contributed by atoms with Gasteiger partial charge in [0.2, 0.25) is 0 Å². The van der Waals surface area contributed by atoms with Crippen LogP contribution in [0.25, 0.3) is 0 Å². The van der Waals surface area contributed by atoms with Crippen LogP contribution in [0.15, 0.2) is 18.2 Å². The summed E-state index contributed by atoms with van der Waals surface area (Å²) in [5.41, 5.74) is 1.18. The summed E-state index contributed by atoms with van der Waals surface area (Å²) in [6, 6.07) is 5.05. The van der Waals surface area contributed by atoms with E-state index >= 15 is 0 Å². The minimum absolute atomic E-state index is 0.0560. The average Bonchev–Trinajstić information content (AvgIpc) is 2.93. The minimum atomic E-state index is -3.60. The van der Waals surface area contributed by atoms with Crippen molar-refractivity contribution in [2.24, 2.45) is 0 Å². The van der Waals surface area contributed by atoms with Crippen LogP contribution in [-0.4, -0.2) is 59.1 Å². The number of carbonyl (C=O) groups is 2. The highest BCUT2D eigenvalue weighted by molar-refractivity contribution is 7.85. The molecule has 136 valence electrons. The van der Waals surface area contributed by atoms with Crippen molar-refractivity contribution in [1.29, 1.82) is 0 Å². The molecule has 0 aliphatic carbocycles. The first-order valence-electron chi connectivity index (χ1n) is 7.68. The zero-order valence-electron chi connectivity index (χ0n) is 13.8. The third kappa shape index (κ3) is 3.69. The molecular formula is C15H18N2O7S. The molecule has 0 spiro atoms. The molecule has 0 saturated carbocycles. The van der Waals surface area contributed by atoms with Crippen LogP contribution in [0.2, 0.25) is 0 Å². The Labute approximate surface area is 145 Å². The maximum atomic E-state index is 12.0. The van der Waals surface area contributed by atoms with Crippen molar-refractivity contribution in [2.75, 3.05) is 42.4 Å². The summed E-state index contributed by atoms with van der Waals surface area (Å²) in [4.78, 5) is 26.8. The Bertz CT molecular complexity index is 808. The lowest BCUT2D eigenvalue weighted by Gasteiger charge is -2.29. The number of carbonyl (C=O) groups excluding carboxylic acids is 2. The van der Waals surface area contributed by atoms with E-state index < -0.39 is 22.3 Å². The fourth-order valence-corrected chi connectivity index (χ4v) is 3.13. The number of fused-ring (bicyclic) bond motifs is 1. The van der Waals surface area contributed by atoms with Crippen LogP contribution in [0.1, 0.15) is 6.92 Å². The zero-order valence-corrected chi connectivity index (χ0v) is 14.6. The van der Waals surface area contributed by atoms with Gasteiger partial charge in [0.25, 0.3) is 16.0 Å². The fourth-order valence-electron chi connectivity index (χ4n) is 2.73. The predicted octanol–water partition coefficient (Wildman–Crippen LogP) is 0.733. The van der Waals surface area contributed by atoms with Gasteiger partial charge in [-0.05, 0) is 19.1 Å². The standard InChI is InChI=1S/C15H18N2O7S/c1-3-16-12-5-4-10(6-13(12)22-9-14(16)18)17-7-11(24-15(17)19)8-23-25(2,20)21/h4-6,11H,3,7-9H2,1-2H3/t11-/m1/s1. The molecule has 0 bridgehead atoms. The van der Waals surface area contributed by atoms with Gasteiger partial charge < -0.3 is 14.4 Å². The Balaban J connectivity index is 1.76. The van der Waals surface area contributed by atoms with Crippen molar-refractivity contribution in [3.8, 4) is 5.75 Å². The lowest BCUT2D eigenvalue weighted by molar-refractivity contribution is -0.121. The number of ether oxygens (including phenoxy) is 2. The molecule has 0 N–H and O–H groups in total. The van der Waals surface area contributed by atoms with Crippen LogP contribution in [0.5, 0.6) is 5.75 Å². The minimum Gasteiger partial charge on any atom is -0.481 e. The Morgan fingerprint density at radius 3 is 2.76 bits per heavy atom. The smallest absolute Gasteiger partial charge is 0.414 e. The van der Waals surface area contributed by atoms with E-state index in [2.05, 4.69) is 4.18 Å². The molecule has 1 aromatic rings. The maximum Gasteiger partial charge on any atom is 0.414 e. The van der Waals surface area contributed by atoms with Crippen molar-refractivity contribution >= 4 is 33.5 Å². The lowest BCUT2D eigenvalue weighted by Crippen LogP contribution is -2.38. The molecule has 0 radical (unpaired) electrons. The first-order chi connectivity index (χ1) is 11.8. The van der Waals surface area contributed by atoms with Crippen LogP contribution in [0.4, 0.5) is 16.2 Å². The summed E-state index contributed by atoms with van der Waals surface area (Å²) in [6.07, 6.45) is -0.350. The molecule has 0 aromatic heterocycles. The van der Waals surface area contributed by atoms with E-state index in [0.29, 0.717) is 23.7 Å². The summed E-state index contributed by atoms with van der Waals surface area (Å²) in [5.74, 6) is 0.379. The lowest BCUT2D eigenvalue weighted by atomic mass is 10.2. The Morgan fingerprint density at radius 1 is 1.32 bits per heavy atom. The Kier molecular flexibility index (Phi) is 4.56. The van der Waals surface area contributed by atoms with Gasteiger partial charge in [0.15, 0.2) is 6.61 Å². The second-order valence-electron chi connectivity index (χ2n) is 5.68. The summed E-state index contributed by atoms with van der Waals surface area (Å²) in [5, 5.41) is 0. The van der Waals surface area contributed by atoms with Gasteiger partial charge in [-0.15, -0.1) is 0 Å². The number of benzene rings is 1. The van der Waals surface area contributed by atoms with Crippen LogP contribution >= 0.6 is 0 Å². The summed E-state index contributed by atoms with van der Waals surface area (Å²) in [6.45, 7) is 2.25. The van der Waals surface area contributed by atoms with Crippen LogP contribution in [-0.2, 0) is 23.8 Å². The van der Waals surface area contributed by atoms with Gasteiger partial charge in [0, 0.05) is 12.6 Å². The summed E-state index contributed by atoms with van der Waals surface area (Å²) in [7, 11) is -3.60. The largest absolute Gasteiger partial charge is 0.481 e. The number of likely N-dealkylation sites (N-methyl/N-ethyl adjacent to an activating group) is 1.